The van der Waals surface area contributed by atoms with E-state index in [-0.39, 0.29) is 17.3 Å². The fourth-order valence-electron chi connectivity index (χ4n) is 3.81. The van der Waals surface area contributed by atoms with E-state index in [1.54, 1.807) is 22.7 Å². The van der Waals surface area contributed by atoms with Crippen LogP contribution in [0.1, 0.15) is 31.0 Å². The lowest BCUT2D eigenvalue weighted by Crippen LogP contribution is -2.49. The second-order valence-corrected chi connectivity index (χ2v) is 8.96. The molecule has 3 aliphatic rings. The van der Waals surface area contributed by atoms with Crippen LogP contribution in [-0.2, 0) is 31.0 Å². The monoisotopic (exact) mass is 423 g/mol. The van der Waals surface area contributed by atoms with Gasteiger partial charge in [0.15, 0.2) is 5.79 Å². The zero-order valence-electron chi connectivity index (χ0n) is 16.8. The standard InChI is InChI=1S/C18H25N5O5S/c1-4-23-12-14(13(2)19-23)15-11-16(21(3)29(25,26)20-15)17(24)22-7-5-18(6-8-22)27-9-10-28-18/h11-12H,4-10H2,1-3H3. The number of carbonyl (C=O) groups excluding carboxylic acids is 1. The summed E-state index contributed by atoms with van der Waals surface area (Å²) in [5, 5.41) is 4.35. The highest BCUT2D eigenvalue weighted by atomic mass is 32.2. The average molecular weight is 423 g/mol. The fourth-order valence-corrected chi connectivity index (χ4v) is 4.71. The Balaban J connectivity index is 1.61. The number of hydrogen-bond acceptors (Lipinski definition) is 6. The van der Waals surface area contributed by atoms with Gasteiger partial charge in [-0.2, -0.15) is 13.5 Å². The van der Waals surface area contributed by atoms with E-state index >= 15 is 0 Å². The van der Waals surface area contributed by atoms with Crippen LogP contribution in [0.25, 0.3) is 0 Å². The molecular weight excluding hydrogens is 398 g/mol. The van der Waals surface area contributed by atoms with Crippen molar-refractivity contribution < 1.29 is 22.7 Å². The van der Waals surface area contributed by atoms with Crippen molar-refractivity contribution in [1.82, 2.24) is 19.0 Å². The van der Waals surface area contributed by atoms with Gasteiger partial charge in [-0.05, 0) is 19.9 Å². The summed E-state index contributed by atoms with van der Waals surface area (Å²) < 4.78 is 43.2. The van der Waals surface area contributed by atoms with Crippen LogP contribution in [0.2, 0.25) is 0 Å². The normalized spacial score (nSPS) is 23.3. The minimum absolute atomic E-state index is 0.0721. The molecule has 11 heteroatoms. The summed E-state index contributed by atoms with van der Waals surface area (Å²) in [7, 11) is -2.67. The molecule has 1 aromatic heterocycles. The second-order valence-electron chi connectivity index (χ2n) is 7.34. The van der Waals surface area contributed by atoms with Crippen LogP contribution in [0.4, 0.5) is 0 Å². The topological polar surface area (TPSA) is 106 Å². The Morgan fingerprint density at radius 3 is 2.48 bits per heavy atom. The lowest BCUT2D eigenvalue weighted by molar-refractivity contribution is -0.186. The van der Waals surface area contributed by atoms with Crippen molar-refractivity contribution in [3.8, 4) is 0 Å². The second kappa shape index (κ2) is 7.22. The number of aryl methyl sites for hydroxylation is 2. The van der Waals surface area contributed by atoms with Crippen molar-refractivity contribution in [2.24, 2.45) is 4.40 Å². The highest BCUT2D eigenvalue weighted by molar-refractivity contribution is 7.88. The minimum Gasteiger partial charge on any atom is -0.347 e. The zero-order valence-corrected chi connectivity index (χ0v) is 17.6. The third-order valence-corrected chi connectivity index (χ3v) is 6.88. The van der Waals surface area contributed by atoms with Gasteiger partial charge < -0.3 is 14.4 Å². The fraction of sp³-hybridized carbons (Fsp3) is 0.611. The third kappa shape index (κ3) is 3.58. The van der Waals surface area contributed by atoms with E-state index in [0.717, 1.165) is 4.31 Å². The summed E-state index contributed by atoms with van der Waals surface area (Å²) >= 11 is 0. The van der Waals surface area contributed by atoms with Crippen molar-refractivity contribution in [2.45, 2.75) is 39.0 Å². The molecule has 0 saturated carbocycles. The molecule has 2 saturated heterocycles. The molecule has 29 heavy (non-hydrogen) atoms. The molecule has 2 fully saturated rings. The van der Waals surface area contributed by atoms with Crippen LogP contribution in [0.3, 0.4) is 0 Å². The van der Waals surface area contributed by atoms with Crippen LogP contribution in [0.5, 0.6) is 0 Å². The molecule has 4 heterocycles. The molecule has 0 aliphatic carbocycles. The summed E-state index contributed by atoms with van der Waals surface area (Å²) in [6.07, 6.45) is 4.39. The van der Waals surface area contributed by atoms with Crippen molar-refractivity contribution in [1.29, 1.82) is 0 Å². The van der Waals surface area contributed by atoms with E-state index in [4.69, 9.17) is 9.47 Å². The highest BCUT2D eigenvalue weighted by Crippen LogP contribution is 2.32. The Morgan fingerprint density at radius 1 is 1.24 bits per heavy atom. The van der Waals surface area contributed by atoms with Crippen molar-refractivity contribution in [2.75, 3.05) is 33.4 Å². The van der Waals surface area contributed by atoms with Crippen molar-refractivity contribution in [3.63, 3.8) is 0 Å². The maximum atomic E-state index is 13.2. The first-order valence-electron chi connectivity index (χ1n) is 9.67. The molecule has 3 aliphatic heterocycles. The molecule has 1 amide bonds. The number of amides is 1. The molecule has 0 aromatic carbocycles. The molecule has 0 atom stereocenters. The van der Waals surface area contributed by atoms with Gasteiger partial charge in [0.2, 0.25) is 0 Å². The largest absolute Gasteiger partial charge is 0.347 e. The zero-order chi connectivity index (χ0) is 20.8. The van der Waals surface area contributed by atoms with E-state index in [9.17, 15) is 13.2 Å². The first kappa shape index (κ1) is 20.0. The van der Waals surface area contributed by atoms with Crippen molar-refractivity contribution >= 4 is 21.8 Å². The van der Waals surface area contributed by atoms with Gasteiger partial charge in [0.25, 0.3) is 5.91 Å². The first-order valence-corrected chi connectivity index (χ1v) is 11.1. The first-order chi connectivity index (χ1) is 13.7. The van der Waals surface area contributed by atoms with E-state index in [1.807, 2.05) is 6.92 Å². The summed E-state index contributed by atoms with van der Waals surface area (Å²) in [4.78, 5) is 14.8. The molecular formula is C18H25N5O5S. The van der Waals surface area contributed by atoms with E-state index < -0.39 is 16.0 Å². The Labute approximate surface area is 170 Å². The smallest absolute Gasteiger partial charge is 0.345 e. The summed E-state index contributed by atoms with van der Waals surface area (Å²) in [5.41, 5.74) is 1.55. The van der Waals surface area contributed by atoms with Crippen LogP contribution in [-0.4, -0.2) is 78.2 Å². The minimum atomic E-state index is -4.01. The number of likely N-dealkylation sites (tertiary alicyclic amines) is 1. The molecule has 0 unspecified atom stereocenters. The number of likely N-dealkylation sites (N-methyl/N-ethyl adjacent to an activating group) is 1. The Morgan fingerprint density at radius 2 is 1.90 bits per heavy atom. The van der Waals surface area contributed by atoms with E-state index in [1.165, 1.54) is 13.1 Å². The maximum Gasteiger partial charge on any atom is 0.345 e. The number of hydrogen-bond donors (Lipinski definition) is 0. The molecule has 4 rings (SSSR count). The predicted molar refractivity (Wildman–Crippen MR) is 104 cm³/mol. The number of carbonyl (C=O) groups is 1. The molecule has 0 N–H and O–H groups in total. The highest BCUT2D eigenvalue weighted by Gasteiger charge is 2.42. The van der Waals surface area contributed by atoms with Gasteiger partial charge in [-0.15, -0.1) is 4.40 Å². The van der Waals surface area contributed by atoms with Crippen LogP contribution < -0.4 is 0 Å². The van der Waals surface area contributed by atoms with Gasteiger partial charge >= 0.3 is 10.2 Å². The number of rotatable bonds is 3. The van der Waals surface area contributed by atoms with E-state index in [2.05, 4.69) is 9.50 Å². The Kier molecular flexibility index (Phi) is 4.99. The Hall–Kier alpha value is -2.24. The van der Waals surface area contributed by atoms with E-state index in [0.29, 0.717) is 56.9 Å². The molecule has 158 valence electrons. The number of piperidine rings is 1. The number of ether oxygens (including phenoxy) is 2. The average Bonchev–Trinajstić information content (AvgIpc) is 3.30. The summed E-state index contributed by atoms with van der Waals surface area (Å²) in [6, 6.07) is 0. The van der Waals surface area contributed by atoms with Crippen LogP contribution in [0, 0.1) is 6.92 Å². The summed E-state index contributed by atoms with van der Waals surface area (Å²) in [6.45, 7) is 6.36. The SMILES string of the molecule is CCn1cc(C2=NS(=O)(=O)N(C)C(C(=O)N3CCC4(CC3)OCCO4)=C2)c(C)n1. The lowest BCUT2D eigenvalue weighted by Gasteiger charge is -2.38. The number of nitrogens with zero attached hydrogens (tertiary/aromatic N) is 5. The molecule has 0 radical (unpaired) electrons. The molecule has 1 spiro atoms. The Bertz CT molecular complexity index is 980. The number of aromatic nitrogens is 2. The van der Waals surface area contributed by atoms with Gasteiger partial charge in [0, 0.05) is 51.3 Å². The molecule has 0 bridgehead atoms. The quantitative estimate of drug-likeness (QED) is 0.698. The van der Waals surface area contributed by atoms with Crippen LogP contribution >= 0.6 is 0 Å². The molecule has 10 nitrogen and oxygen atoms in total. The summed E-state index contributed by atoms with van der Waals surface area (Å²) in [5.74, 6) is -0.953. The van der Waals surface area contributed by atoms with Gasteiger partial charge in [-0.25, -0.2) is 4.31 Å². The van der Waals surface area contributed by atoms with Crippen LogP contribution in [0.15, 0.2) is 22.4 Å². The predicted octanol–water partition coefficient (Wildman–Crippen LogP) is 0.440. The van der Waals surface area contributed by atoms with Gasteiger partial charge in [-0.3, -0.25) is 9.48 Å². The molecule has 1 aromatic rings. The van der Waals surface area contributed by atoms with Crippen molar-refractivity contribution in [3.05, 3.63) is 29.2 Å². The maximum absolute atomic E-state index is 13.2. The van der Waals surface area contributed by atoms with Gasteiger partial charge in [0.1, 0.15) is 5.70 Å². The van der Waals surface area contributed by atoms with Gasteiger partial charge in [0.05, 0.1) is 24.6 Å². The van der Waals surface area contributed by atoms with Gasteiger partial charge in [-0.1, -0.05) is 0 Å². The number of allylic oxidation sites excluding steroid dienone is 1. The third-order valence-electron chi connectivity index (χ3n) is 5.56. The lowest BCUT2D eigenvalue weighted by atomic mass is 10.0.